The lowest BCUT2D eigenvalue weighted by Gasteiger charge is -2.26. The molecule has 0 saturated heterocycles. The molecule has 2 aromatic rings. The van der Waals surface area contributed by atoms with E-state index in [4.69, 9.17) is 9.47 Å². The largest absolute Gasteiger partial charge is 0.445 e. The molecule has 0 aliphatic heterocycles. The Morgan fingerprint density at radius 3 is 1.39 bits per heavy atom. The molecular weight excluding hydrogens is 564 g/mol. The number of amides is 4. The molecule has 4 atom stereocenters. The standard InChI is InChI=1S/C33H46N4O7/c1-21(2)17-27(36-32(41)43-19-23-11-7-5-8-12-23)30(39)34-25-15-16-26(29(25)38)35-31(40)28(18-22(3)4)37-33(42)44-20-24-13-9-6-10-14-24/h5-14,21-22,25-29,38H,15-20H2,1-4H3,(H,34,39)(H,35,40)(H,36,41)(H,37,42)/t25-,26-,27-,28-/m0/s1. The van der Waals surface area contributed by atoms with Crippen LogP contribution in [0.5, 0.6) is 0 Å². The molecule has 4 amide bonds. The predicted octanol–water partition coefficient (Wildman–Crippen LogP) is 3.79. The van der Waals surface area contributed by atoms with E-state index in [0.29, 0.717) is 25.7 Å². The normalized spacial score (nSPS) is 17.9. The van der Waals surface area contributed by atoms with E-state index >= 15 is 0 Å². The van der Waals surface area contributed by atoms with Crippen LogP contribution in [0.2, 0.25) is 0 Å². The smallest absolute Gasteiger partial charge is 0.408 e. The fourth-order valence-corrected chi connectivity index (χ4v) is 5.08. The SMILES string of the molecule is CC(C)C[C@H](NC(=O)OCc1ccccc1)C(=O)N[C@H]1CC[C@H](NC(=O)[C@H](CC(C)C)NC(=O)OCc2ccccc2)C1O. The number of carbonyl (C=O) groups excluding carboxylic acids is 4. The molecule has 3 rings (SSSR count). The van der Waals surface area contributed by atoms with Gasteiger partial charge in [0.2, 0.25) is 11.8 Å². The number of alkyl carbamates (subject to hydrolysis) is 2. The number of rotatable bonds is 14. The fourth-order valence-electron chi connectivity index (χ4n) is 5.08. The first kappa shape index (κ1) is 34.4. The van der Waals surface area contributed by atoms with Gasteiger partial charge in [0.1, 0.15) is 25.3 Å². The van der Waals surface area contributed by atoms with Gasteiger partial charge in [0.05, 0.1) is 18.2 Å². The number of aliphatic hydroxyl groups is 1. The summed E-state index contributed by atoms with van der Waals surface area (Å²) in [5, 5.41) is 22.0. The minimum absolute atomic E-state index is 0.0722. The van der Waals surface area contributed by atoms with Gasteiger partial charge in [0, 0.05) is 0 Å². The van der Waals surface area contributed by atoms with Crippen LogP contribution in [-0.2, 0) is 32.3 Å². The highest BCUT2D eigenvalue weighted by Gasteiger charge is 2.39. The summed E-state index contributed by atoms with van der Waals surface area (Å²) in [6.45, 7) is 7.89. The Kier molecular flexibility index (Phi) is 13.5. The van der Waals surface area contributed by atoms with Crippen molar-refractivity contribution in [1.82, 2.24) is 21.3 Å². The van der Waals surface area contributed by atoms with Gasteiger partial charge in [0.15, 0.2) is 0 Å². The lowest BCUT2D eigenvalue weighted by atomic mass is 10.0. The van der Waals surface area contributed by atoms with Crippen molar-refractivity contribution in [3.63, 3.8) is 0 Å². The van der Waals surface area contributed by atoms with Gasteiger partial charge in [-0.3, -0.25) is 9.59 Å². The van der Waals surface area contributed by atoms with Gasteiger partial charge < -0.3 is 35.8 Å². The second-order valence-electron chi connectivity index (χ2n) is 12.1. The van der Waals surface area contributed by atoms with Gasteiger partial charge >= 0.3 is 12.2 Å². The monoisotopic (exact) mass is 610 g/mol. The maximum absolute atomic E-state index is 13.2. The van der Waals surface area contributed by atoms with Crippen LogP contribution in [0.1, 0.15) is 64.5 Å². The molecule has 0 spiro atoms. The van der Waals surface area contributed by atoms with Crippen molar-refractivity contribution >= 4 is 24.0 Å². The highest BCUT2D eigenvalue weighted by atomic mass is 16.6. The number of aliphatic hydroxyl groups excluding tert-OH is 1. The Bertz CT molecular complexity index is 1120. The number of nitrogens with one attached hydrogen (secondary N) is 4. The van der Waals surface area contributed by atoms with Gasteiger partial charge in [-0.05, 0) is 48.6 Å². The first-order chi connectivity index (χ1) is 21.0. The molecule has 1 aliphatic carbocycles. The zero-order valence-electron chi connectivity index (χ0n) is 26.0. The molecule has 2 aromatic carbocycles. The van der Waals surface area contributed by atoms with Gasteiger partial charge in [-0.2, -0.15) is 0 Å². The van der Waals surface area contributed by atoms with E-state index in [1.165, 1.54) is 0 Å². The molecule has 0 unspecified atom stereocenters. The van der Waals surface area contributed by atoms with Crippen LogP contribution in [0, 0.1) is 11.8 Å². The minimum atomic E-state index is -1.06. The number of benzene rings is 2. The van der Waals surface area contributed by atoms with Crippen molar-refractivity contribution in [2.75, 3.05) is 0 Å². The summed E-state index contributed by atoms with van der Waals surface area (Å²) in [5.41, 5.74) is 1.65. The van der Waals surface area contributed by atoms with E-state index in [2.05, 4.69) is 21.3 Å². The van der Waals surface area contributed by atoms with Crippen molar-refractivity contribution in [3.8, 4) is 0 Å². The lowest BCUT2D eigenvalue weighted by Crippen LogP contribution is -2.56. The molecule has 1 saturated carbocycles. The molecule has 5 N–H and O–H groups in total. The van der Waals surface area contributed by atoms with Crippen LogP contribution in [0.25, 0.3) is 0 Å². The molecule has 0 bridgehead atoms. The molecule has 240 valence electrons. The average molecular weight is 611 g/mol. The summed E-state index contributed by atoms with van der Waals surface area (Å²) < 4.78 is 10.6. The van der Waals surface area contributed by atoms with E-state index in [9.17, 15) is 24.3 Å². The number of hydrogen-bond acceptors (Lipinski definition) is 7. The van der Waals surface area contributed by atoms with Crippen LogP contribution in [0.4, 0.5) is 9.59 Å². The molecular formula is C33H46N4O7. The van der Waals surface area contributed by atoms with Crippen molar-refractivity contribution in [1.29, 1.82) is 0 Å². The van der Waals surface area contributed by atoms with Crippen LogP contribution < -0.4 is 21.3 Å². The first-order valence-corrected chi connectivity index (χ1v) is 15.2. The lowest BCUT2D eigenvalue weighted by molar-refractivity contribution is -0.125. The van der Waals surface area contributed by atoms with E-state index in [-0.39, 0.29) is 25.0 Å². The summed E-state index contributed by atoms with van der Waals surface area (Å²) in [6.07, 6.45) is -0.887. The van der Waals surface area contributed by atoms with E-state index in [1.807, 2.05) is 88.4 Å². The number of carbonyl (C=O) groups is 4. The predicted molar refractivity (Wildman–Crippen MR) is 165 cm³/mol. The Hall–Kier alpha value is -4.12. The fraction of sp³-hybridized carbons (Fsp3) is 0.515. The average Bonchev–Trinajstić information content (AvgIpc) is 3.32. The maximum Gasteiger partial charge on any atom is 0.408 e. The van der Waals surface area contributed by atoms with E-state index in [1.54, 1.807) is 0 Å². The topological polar surface area (TPSA) is 155 Å². The van der Waals surface area contributed by atoms with Crippen molar-refractivity contribution in [3.05, 3.63) is 71.8 Å². The molecule has 11 heteroatoms. The van der Waals surface area contributed by atoms with Gasteiger partial charge in [-0.1, -0.05) is 88.4 Å². The molecule has 1 aliphatic rings. The molecule has 0 aromatic heterocycles. The minimum Gasteiger partial charge on any atom is -0.445 e. The first-order valence-electron chi connectivity index (χ1n) is 15.2. The summed E-state index contributed by atoms with van der Waals surface area (Å²) in [4.78, 5) is 51.3. The Morgan fingerprint density at radius 2 is 1.05 bits per heavy atom. The Labute approximate surface area is 259 Å². The van der Waals surface area contributed by atoms with Crippen molar-refractivity contribution < 1.29 is 33.8 Å². The van der Waals surface area contributed by atoms with Crippen LogP contribution >= 0.6 is 0 Å². The third-order valence-corrected chi connectivity index (χ3v) is 7.33. The van der Waals surface area contributed by atoms with E-state index in [0.717, 1.165) is 11.1 Å². The summed E-state index contributed by atoms with van der Waals surface area (Å²) in [6, 6.07) is 15.5. The molecule has 0 heterocycles. The third-order valence-electron chi connectivity index (χ3n) is 7.33. The van der Waals surface area contributed by atoms with Gasteiger partial charge in [-0.25, -0.2) is 9.59 Å². The van der Waals surface area contributed by atoms with Crippen molar-refractivity contribution in [2.45, 2.75) is 96.9 Å². The second-order valence-corrected chi connectivity index (χ2v) is 12.1. The summed E-state index contributed by atoms with van der Waals surface area (Å²) in [7, 11) is 0. The second kappa shape index (κ2) is 17.2. The summed E-state index contributed by atoms with van der Waals surface area (Å²) in [5.74, 6) is -0.672. The Morgan fingerprint density at radius 1 is 0.682 bits per heavy atom. The highest BCUT2D eigenvalue weighted by molar-refractivity contribution is 5.87. The van der Waals surface area contributed by atoms with Gasteiger partial charge in [0.25, 0.3) is 0 Å². The van der Waals surface area contributed by atoms with E-state index < -0.39 is 54.3 Å². The quantitative estimate of drug-likeness (QED) is 0.218. The van der Waals surface area contributed by atoms with Crippen molar-refractivity contribution in [2.24, 2.45) is 11.8 Å². The third kappa shape index (κ3) is 11.5. The Balaban J connectivity index is 1.52. The summed E-state index contributed by atoms with van der Waals surface area (Å²) >= 11 is 0. The number of hydrogen-bond donors (Lipinski definition) is 5. The maximum atomic E-state index is 13.2. The molecule has 44 heavy (non-hydrogen) atoms. The van der Waals surface area contributed by atoms with Gasteiger partial charge in [-0.15, -0.1) is 0 Å². The van der Waals surface area contributed by atoms with Crippen LogP contribution in [0.3, 0.4) is 0 Å². The highest BCUT2D eigenvalue weighted by Crippen LogP contribution is 2.21. The van der Waals surface area contributed by atoms with Crippen LogP contribution in [-0.4, -0.2) is 59.4 Å². The number of ether oxygens (including phenoxy) is 2. The zero-order valence-corrected chi connectivity index (χ0v) is 26.0. The molecule has 0 radical (unpaired) electrons. The van der Waals surface area contributed by atoms with Crippen LogP contribution in [0.15, 0.2) is 60.7 Å². The zero-order chi connectivity index (χ0) is 32.1. The molecule has 1 fully saturated rings. The molecule has 11 nitrogen and oxygen atoms in total.